The van der Waals surface area contributed by atoms with Gasteiger partial charge in [-0.1, -0.05) is 29.4 Å². The number of hydrogen-bond acceptors (Lipinski definition) is 5. The first kappa shape index (κ1) is 17.6. The molecule has 3 aromatic rings. The molecule has 2 aromatic carbocycles. The van der Waals surface area contributed by atoms with Crippen molar-refractivity contribution in [1.82, 2.24) is 10.1 Å². The zero-order valence-electron chi connectivity index (χ0n) is 13.9. The molecule has 6 nitrogen and oxygen atoms in total. The van der Waals surface area contributed by atoms with Gasteiger partial charge in [-0.15, -0.1) is 0 Å². The molecule has 1 heterocycles. The minimum absolute atomic E-state index is 0.138. The molecule has 0 atom stereocenters. The van der Waals surface area contributed by atoms with Crippen LogP contribution in [0.1, 0.15) is 27.6 Å². The van der Waals surface area contributed by atoms with Crippen molar-refractivity contribution >= 4 is 5.91 Å². The number of ether oxygens (including phenoxy) is 1. The number of carbonyl (C=O) groups is 1. The van der Waals surface area contributed by atoms with Crippen molar-refractivity contribution in [2.24, 2.45) is 5.73 Å². The van der Waals surface area contributed by atoms with Crippen molar-refractivity contribution in [3.8, 4) is 5.75 Å². The fourth-order valence-corrected chi connectivity index (χ4v) is 2.28. The molecule has 0 aliphatic carbocycles. The third-order valence-electron chi connectivity index (χ3n) is 3.67. The number of primary amides is 1. The van der Waals surface area contributed by atoms with E-state index in [4.69, 9.17) is 15.0 Å². The van der Waals surface area contributed by atoms with Gasteiger partial charge in [-0.05, 0) is 41.8 Å². The smallest absolute Gasteiger partial charge is 0.290 e. The van der Waals surface area contributed by atoms with Crippen LogP contribution in [0.3, 0.4) is 0 Å². The van der Waals surface area contributed by atoms with Crippen molar-refractivity contribution in [2.45, 2.75) is 12.8 Å². The largest absolute Gasteiger partial charge is 0.493 e. The average molecular weight is 354 g/mol. The van der Waals surface area contributed by atoms with Gasteiger partial charge in [0.2, 0.25) is 5.89 Å². The van der Waals surface area contributed by atoms with Crippen LogP contribution >= 0.6 is 0 Å². The highest BCUT2D eigenvalue weighted by Gasteiger charge is 2.11. The number of rotatable bonds is 8. The van der Waals surface area contributed by atoms with E-state index in [1.807, 2.05) is 24.3 Å². The lowest BCUT2D eigenvalue weighted by atomic mass is 10.1. The number of nitrogens with zero attached hydrogens (tertiary/aromatic N) is 2. The standard InChI is InChI=1S/C19H17FN3O3/c20-15-6-1-14(2-7-15)11-12-25-16-8-3-13(4-9-16)5-10-17-22-19(18(21)24)23-26-17/h1-4,6-10H,5,11-12H2,(H2,21,24). The molecule has 3 rings (SSSR count). The molecule has 0 spiro atoms. The van der Waals surface area contributed by atoms with E-state index < -0.39 is 5.91 Å². The Labute approximate surface area is 149 Å². The number of aromatic nitrogens is 2. The molecule has 0 bridgehead atoms. The van der Waals surface area contributed by atoms with Gasteiger partial charge in [0.1, 0.15) is 11.6 Å². The van der Waals surface area contributed by atoms with Crippen LogP contribution in [-0.4, -0.2) is 22.7 Å². The minimum Gasteiger partial charge on any atom is -0.493 e. The number of hydrogen-bond donors (Lipinski definition) is 1. The number of carbonyl (C=O) groups excluding carboxylic acids is 1. The van der Waals surface area contributed by atoms with Gasteiger partial charge in [0.05, 0.1) is 13.0 Å². The monoisotopic (exact) mass is 354 g/mol. The summed E-state index contributed by atoms with van der Waals surface area (Å²) in [6, 6.07) is 14.0. The quantitative estimate of drug-likeness (QED) is 0.671. The van der Waals surface area contributed by atoms with Crippen molar-refractivity contribution in [1.29, 1.82) is 0 Å². The van der Waals surface area contributed by atoms with Crippen molar-refractivity contribution in [3.63, 3.8) is 0 Å². The van der Waals surface area contributed by atoms with Gasteiger partial charge in [-0.3, -0.25) is 4.79 Å². The predicted molar refractivity (Wildman–Crippen MR) is 92.0 cm³/mol. The average Bonchev–Trinajstić information content (AvgIpc) is 3.12. The summed E-state index contributed by atoms with van der Waals surface area (Å²) in [5.41, 5.74) is 7.11. The highest BCUT2D eigenvalue weighted by molar-refractivity contribution is 5.88. The summed E-state index contributed by atoms with van der Waals surface area (Å²) >= 11 is 0. The molecule has 0 aliphatic rings. The van der Waals surface area contributed by atoms with Gasteiger partial charge in [-0.25, -0.2) is 4.39 Å². The maximum Gasteiger partial charge on any atom is 0.290 e. The molecule has 1 amide bonds. The van der Waals surface area contributed by atoms with Gasteiger partial charge in [0.25, 0.3) is 11.7 Å². The Balaban J connectivity index is 1.45. The van der Waals surface area contributed by atoms with Crippen LogP contribution in [0, 0.1) is 12.2 Å². The van der Waals surface area contributed by atoms with Crippen LogP contribution < -0.4 is 10.5 Å². The summed E-state index contributed by atoms with van der Waals surface area (Å²) in [5, 5.41) is 3.47. The fourth-order valence-electron chi connectivity index (χ4n) is 2.28. The molecule has 0 aliphatic heterocycles. The second kappa shape index (κ2) is 8.24. The van der Waals surface area contributed by atoms with Gasteiger partial charge in [0, 0.05) is 6.42 Å². The SMILES string of the molecule is NC(=O)c1noc([CH]Cc2ccc(OCCc3ccc(F)cc3)cc2)n1. The van der Waals surface area contributed by atoms with E-state index in [1.165, 1.54) is 12.1 Å². The molecule has 1 radical (unpaired) electrons. The van der Waals surface area contributed by atoms with E-state index in [9.17, 15) is 9.18 Å². The first-order valence-electron chi connectivity index (χ1n) is 8.03. The normalized spacial score (nSPS) is 10.7. The molecule has 0 saturated carbocycles. The molecule has 133 valence electrons. The first-order chi connectivity index (χ1) is 12.6. The maximum atomic E-state index is 12.9. The zero-order chi connectivity index (χ0) is 18.4. The number of nitrogens with two attached hydrogens (primary N) is 1. The van der Waals surface area contributed by atoms with Crippen LogP contribution in [0.5, 0.6) is 5.75 Å². The van der Waals surface area contributed by atoms with Crippen molar-refractivity contribution < 1.29 is 18.4 Å². The minimum atomic E-state index is -0.726. The van der Waals surface area contributed by atoms with Crippen LogP contribution in [0.4, 0.5) is 4.39 Å². The van der Waals surface area contributed by atoms with E-state index in [0.717, 1.165) is 16.9 Å². The lowest BCUT2D eigenvalue weighted by molar-refractivity contribution is 0.0987. The molecule has 0 unspecified atom stereocenters. The highest BCUT2D eigenvalue weighted by atomic mass is 19.1. The molecule has 2 N–H and O–H groups in total. The number of halogens is 1. The highest BCUT2D eigenvalue weighted by Crippen LogP contribution is 2.15. The van der Waals surface area contributed by atoms with Gasteiger partial charge in [-0.2, -0.15) is 4.98 Å². The molecule has 7 heteroatoms. The predicted octanol–water partition coefficient (Wildman–Crippen LogP) is 2.72. The van der Waals surface area contributed by atoms with E-state index in [2.05, 4.69) is 10.1 Å². The second-order valence-electron chi connectivity index (χ2n) is 5.60. The maximum absolute atomic E-state index is 12.9. The Kier molecular flexibility index (Phi) is 5.58. The van der Waals surface area contributed by atoms with Crippen LogP contribution in [0.2, 0.25) is 0 Å². The van der Waals surface area contributed by atoms with Crippen molar-refractivity contribution in [3.05, 3.63) is 83.6 Å². The second-order valence-corrected chi connectivity index (χ2v) is 5.60. The van der Waals surface area contributed by atoms with Crippen LogP contribution in [-0.2, 0) is 12.8 Å². The third kappa shape index (κ3) is 4.89. The summed E-state index contributed by atoms with van der Waals surface area (Å²) in [7, 11) is 0. The Morgan fingerprint density at radius 3 is 2.46 bits per heavy atom. The zero-order valence-corrected chi connectivity index (χ0v) is 13.9. The number of benzene rings is 2. The summed E-state index contributed by atoms with van der Waals surface area (Å²) < 4.78 is 23.5. The molecule has 0 saturated heterocycles. The lowest BCUT2D eigenvalue weighted by Gasteiger charge is -2.07. The van der Waals surface area contributed by atoms with E-state index in [-0.39, 0.29) is 17.5 Å². The molecular formula is C19H17FN3O3. The van der Waals surface area contributed by atoms with E-state index >= 15 is 0 Å². The van der Waals surface area contributed by atoms with E-state index in [1.54, 1.807) is 18.6 Å². The first-order valence-corrected chi connectivity index (χ1v) is 8.03. The van der Waals surface area contributed by atoms with Crippen LogP contribution in [0.15, 0.2) is 53.1 Å². The Hall–Kier alpha value is -3.22. The third-order valence-corrected chi connectivity index (χ3v) is 3.67. The molecule has 1 aromatic heterocycles. The van der Waals surface area contributed by atoms with Gasteiger partial charge < -0.3 is 15.0 Å². The summed E-state index contributed by atoms with van der Waals surface area (Å²) in [6.07, 6.45) is 2.98. The van der Waals surface area contributed by atoms with E-state index in [0.29, 0.717) is 19.4 Å². The van der Waals surface area contributed by atoms with Gasteiger partial charge in [0.15, 0.2) is 0 Å². The Morgan fingerprint density at radius 2 is 1.81 bits per heavy atom. The molecule has 0 fully saturated rings. The number of amides is 1. The van der Waals surface area contributed by atoms with Crippen molar-refractivity contribution in [2.75, 3.05) is 6.61 Å². The molecule has 26 heavy (non-hydrogen) atoms. The Morgan fingerprint density at radius 1 is 1.12 bits per heavy atom. The summed E-state index contributed by atoms with van der Waals surface area (Å²) in [6.45, 7) is 0.509. The fraction of sp³-hybridized carbons (Fsp3) is 0.158. The topological polar surface area (TPSA) is 91.2 Å². The van der Waals surface area contributed by atoms with Crippen LogP contribution in [0.25, 0.3) is 0 Å². The molecular weight excluding hydrogens is 337 g/mol. The Bertz CT molecular complexity index is 860. The summed E-state index contributed by atoms with van der Waals surface area (Å²) in [4.78, 5) is 14.8. The van der Waals surface area contributed by atoms with Gasteiger partial charge >= 0.3 is 0 Å². The summed E-state index contributed by atoms with van der Waals surface area (Å²) in [5.74, 6) is -0.103. The lowest BCUT2D eigenvalue weighted by Crippen LogP contribution is -2.12.